The maximum Gasteiger partial charge on any atom is 0.401 e. The van der Waals surface area contributed by atoms with Crippen LogP contribution in [0.25, 0.3) is 0 Å². The lowest BCUT2D eigenvalue weighted by Crippen LogP contribution is -2.49. The number of nitriles is 1. The molecule has 4 nitrogen and oxygen atoms in total. The third-order valence-corrected chi connectivity index (χ3v) is 4.14. The average molecular weight is 326 g/mol. The molecule has 1 fully saturated rings. The second-order valence-electron chi connectivity index (χ2n) is 5.72. The van der Waals surface area contributed by atoms with Crippen molar-refractivity contribution in [2.75, 3.05) is 37.6 Å². The molecule has 0 radical (unpaired) electrons. The lowest BCUT2D eigenvalue weighted by molar-refractivity contribution is -0.151. The van der Waals surface area contributed by atoms with Crippen molar-refractivity contribution in [3.63, 3.8) is 0 Å². The van der Waals surface area contributed by atoms with E-state index >= 15 is 0 Å². The Morgan fingerprint density at radius 3 is 2.48 bits per heavy atom. The van der Waals surface area contributed by atoms with Crippen LogP contribution in [0.5, 0.6) is 0 Å². The smallest absolute Gasteiger partial charge is 0.370 e. The molecule has 0 atom stereocenters. The van der Waals surface area contributed by atoms with Crippen molar-refractivity contribution < 1.29 is 13.2 Å². The lowest BCUT2D eigenvalue weighted by Gasteiger charge is -2.39. The number of piperidine rings is 1. The Hall–Kier alpha value is -1.78. The second kappa shape index (κ2) is 7.66. The first-order valence-electron chi connectivity index (χ1n) is 7.69. The molecule has 2 N–H and O–H groups in total. The minimum atomic E-state index is -4.21. The summed E-state index contributed by atoms with van der Waals surface area (Å²) in [7, 11) is 0. The van der Waals surface area contributed by atoms with E-state index in [2.05, 4.69) is 11.0 Å². The van der Waals surface area contributed by atoms with Gasteiger partial charge in [0, 0.05) is 32.2 Å². The van der Waals surface area contributed by atoms with Crippen LogP contribution in [0, 0.1) is 11.3 Å². The highest BCUT2D eigenvalue weighted by Gasteiger charge is 2.34. The number of rotatable bonds is 5. The largest absolute Gasteiger partial charge is 0.401 e. The highest BCUT2D eigenvalue weighted by Crippen LogP contribution is 2.27. The number of nitrogens with two attached hydrogens (primary N) is 1. The molecular weight excluding hydrogens is 305 g/mol. The zero-order valence-corrected chi connectivity index (χ0v) is 12.9. The molecule has 1 aliphatic rings. The summed E-state index contributed by atoms with van der Waals surface area (Å²) in [4.78, 5) is 3.51. The van der Waals surface area contributed by atoms with Gasteiger partial charge in [-0.2, -0.15) is 18.4 Å². The summed E-state index contributed by atoms with van der Waals surface area (Å²) >= 11 is 0. The fourth-order valence-electron chi connectivity index (χ4n) is 3.10. The summed E-state index contributed by atoms with van der Waals surface area (Å²) in [5, 5.41) is 9.16. The molecule has 1 aromatic rings. The fraction of sp³-hybridized carbons (Fsp3) is 0.562. The van der Waals surface area contributed by atoms with Crippen LogP contribution in [-0.2, 0) is 0 Å². The Balaban J connectivity index is 2.00. The first kappa shape index (κ1) is 17.6. The van der Waals surface area contributed by atoms with Crippen molar-refractivity contribution in [3.8, 4) is 6.07 Å². The molecule has 0 bridgehead atoms. The molecule has 2 rings (SSSR count). The van der Waals surface area contributed by atoms with Crippen molar-refractivity contribution in [3.05, 3.63) is 29.8 Å². The first-order chi connectivity index (χ1) is 10.9. The minimum Gasteiger partial charge on any atom is -0.370 e. The summed E-state index contributed by atoms with van der Waals surface area (Å²) in [6.45, 7) is 0.834. The molecule has 1 heterocycles. The van der Waals surface area contributed by atoms with Gasteiger partial charge in [-0.1, -0.05) is 12.1 Å². The van der Waals surface area contributed by atoms with E-state index in [1.165, 1.54) is 4.90 Å². The Bertz CT molecular complexity index is 545. The molecule has 0 saturated carbocycles. The van der Waals surface area contributed by atoms with Crippen LogP contribution in [0.3, 0.4) is 0 Å². The number of hydrogen-bond acceptors (Lipinski definition) is 4. The van der Waals surface area contributed by atoms with Crippen LogP contribution in [0.4, 0.5) is 18.9 Å². The van der Waals surface area contributed by atoms with Gasteiger partial charge in [0.25, 0.3) is 0 Å². The van der Waals surface area contributed by atoms with Gasteiger partial charge in [0.05, 0.1) is 17.8 Å². The van der Waals surface area contributed by atoms with Crippen molar-refractivity contribution in [1.82, 2.24) is 4.90 Å². The van der Waals surface area contributed by atoms with E-state index in [0.717, 1.165) is 5.69 Å². The monoisotopic (exact) mass is 326 g/mol. The van der Waals surface area contributed by atoms with E-state index in [1.807, 2.05) is 12.1 Å². The molecule has 1 aromatic carbocycles. The summed E-state index contributed by atoms with van der Waals surface area (Å²) in [5.41, 5.74) is 6.91. The molecule has 0 spiro atoms. The summed E-state index contributed by atoms with van der Waals surface area (Å²) in [6, 6.07) is 9.35. The third-order valence-electron chi connectivity index (χ3n) is 4.14. The van der Waals surface area contributed by atoms with Gasteiger partial charge in [0.15, 0.2) is 0 Å². The van der Waals surface area contributed by atoms with Crippen LogP contribution in [0.1, 0.15) is 18.4 Å². The molecule has 0 amide bonds. The molecule has 1 aliphatic heterocycles. The summed E-state index contributed by atoms with van der Waals surface area (Å²) in [6.07, 6.45) is -2.94. The number of nitrogens with zero attached hydrogens (tertiary/aromatic N) is 3. The number of para-hydroxylation sites is 1. The van der Waals surface area contributed by atoms with E-state index < -0.39 is 12.7 Å². The van der Waals surface area contributed by atoms with Crippen molar-refractivity contribution >= 4 is 5.69 Å². The highest BCUT2D eigenvalue weighted by atomic mass is 19.4. The maximum atomic E-state index is 12.7. The fourth-order valence-corrected chi connectivity index (χ4v) is 3.10. The molecule has 126 valence electrons. The SMILES string of the molecule is N#Cc1ccccc1N1CCC(N(CCN)CC(F)(F)F)CC1. The Morgan fingerprint density at radius 2 is 1.91 bits per heavy atom. The number of anilines is 1. The van der Waals surface area contributed by atoms with Gasteiger partial charge in [0.1, 0.15) is 6.07 Å². The Labute approximate surface area is 134 Å². The summed E-state index contributed by atoms with van der Waals surface area (Å²) < 4.78 is 38.1. The molecule has 0 unspecified atom stereocenters. The van der Waals surface area contributed by atoms with Crippen LogP contribution < -0.4 is 10.6 Å². The van der Waals surface area contributed by atoms with Crippen LogP contribution in [-0.4, -0.2) is 49.8 Å². The van der Waals surface area contributed by atoms with Gasteiger partial charge in [-0.05, 0) is 25.0 Å². The van der Waals surface area contributed by atoms with Gasteiger partial charge < -0.3 is 10.6 Å². The average Bonchev–Trinajstić information content (AvgIpc) is 2.53. The molecule has 23 heavy (non-hydrogen) atoms. The summed E-state index contributed by atoms with van der Waals surface area (Å²) in [5.74, 6) is 0. The number of benzene rings is 1. The van der Waals surface area contributed by atoms with Crippen LogP contribution in [0.2, 0.25) is 0 Å². The zero-order valence-electron chi connectivity index (χ0n) is 12.9. The number of halogens is 3. The molecule has 0 aromatic heterocycles. The van der Waals surface area contributed by atoms with Gasteiger partial charge in [-0.3, -0.25) is 4.90 Å². The topological polar surface area (TPSA) is 56.3 Å². The van der Waals surface area contributed by atoms with E-state index in [9.17, 15) is 13.2 Å². The number of hydrogen-bond donors (Lipinski definition) is 1. The molecular formula is C16H21F3N4. The third kappa shape index (κ3) is 4.85. The standard InChI is InChI=1S/C16H21F3N4/c17-16(18,19)12-23(10-7-20)14-5-8-22(9-6-14)15-4-2-1-3-13(15)11-21/h1-4,14H,5-10,12,20H2. The van der Waals surface area contributed by atoms with Crippen LogP contribution >= 0.6 is 0 Å². The second-order valence-corrected chi connectivity index (χ2v) is 5.72. The Morgan fingerprint density at radius 1 is 1.26 bits per heavy atom. The molecule has 1 saturated heterocycles. The highest BCUT2D eigenvalue weighted by molar-refractivity contribution is 5.59. The zero-order chi connectivity index (χ0) is 16.9. The normalized spacial score (nSPS) is 16.6. The van der Waals surface area contributed by atoms with E-state index in [-0.39, 0.29) is 19.1 Å². The van der Waals surface area contributed by atoms with Gasteiger partial charge >= 0.3 is 6.18 Å². The predicted molar refractivity (Wildman–Crippen MR) is 83.1 cm³/mol. The van der Waals surface area contributed by atoms with E-state index in [4.69, 9.17) is 11.0 Å². The Kier molecular flexibility index (Phi) is 5.85. The minimum absolute atomic E-state index is 0.120. The van der Waals surface area contributed by atoms with Gasteiger partial charge in [-0.15, -0.1) is 0 Å². The quantitative estimate of drug-likeness (QED) is 0.902. The van der Waals surface area contributed by atoms with Crippen molar-refractivity contribution in [1.29, 1.82) is 5.26 Å². The van der Waals surface area contributed by atoms with E-state index in [0.29, 0.717) is 31.5 Å². The predicted octanol–water partition coefficient (Wildman–Crippen LogP) is 2.35. The van der Waals surface area contributed by atoms with E-state index in [1.54, 1.807) is 12.1 Å². The lowest BCUT2D eigenvalue weighted by atomic mass is 10.0. The van der Waals surface area contributed by atoms with Crippen molar-refractivity contribution in [2.24, 2.45) is 5.73 Å². The van der Waals surface area contributed by atoms with Gasteiger partial charge in [0.2, 0.25) is 0 Å². The number of alkyl halides is 3. The van der Waals surface area contributed by atoms with Gasteiger partial charge in [-0.25, -0.2) is 0 Å². The van der Waals surface area contributed by atoms with Crippen LogP contribution in [0.15, 0.2) is 24.3 Å². The molecule has 0 aliphatic carbocycles. The molecule has 7 heteroatoms. The van der Waals surface area contributed by atoms with Crippen molar-refractivity contribution in [2.45, 2.75) is 25.1 Å². The maximum absolute atomic E-state index is 12.7. The first-order valence-corrected chi connectivity index (χ1v) is 7.69.